The highest BCUT2D eigenvalue weighted by Crippen LogP contribution is 2.16. The molecule has 8 heteroatoms. The van der Waals surface area contributed by atoms with E-state index in [1.807, 2.05) is 16.8 Å². The van der Waals surface area contributed by atoms with Gasteiger partial charge >= 0.3 is 0 Å². The topological polar surface area (TPSA) is 111 Å². The maximum atomic E-state index is 12.0. The molecule has 1 N–H and O–H groups in total. The Morgan fingerprint density at radius 1 is 1.42 bits per heavy atom. The SMILES string of the molecule is CC(C)c1nc2n(n1)C[C@H](NCCC(=O)N(CC#N)CC#N)CC2. The lowest BCUT2D eigenvalue weighted by atomic mass is 10.1. The largest absolute Gasteiger partial charge is 0.316 e. The first-order valence-corrected chi connectivity index (χ1v) is 8.23. The van der Waals surface area contributed by atoms with Gasteiger partial charge in [-0.25, -0.2) is 9.67 Å². The van der Waals surface area contributed by atoms with Gasteiger partial charge in [-0.05, 0) is 6.42 Å². The Kier molecular flexibility index (Phi) is 6.28. The molecule has 1 aromatic rings. The van der Waals surface area contributed by atoms with E-state index >= 15 is 0 Å². The van der Waals surface area contributed by atoms with Gasteiger partial charge in [0.15, 0.2) is 5.82 Å². The number of carbonyl (C=O) groups excluding carboxylic acids is 1. The van der Waals surface area contributed by atoms with Crippen LogP contribution in [-0.2, 0) is 17.8 Å². The average molecular weight is 329 g/mol. The van der Waals surface area contributed by atoms with Crippen molar-refractivity contribution in [1.82, 2.24) is 25.0 Å². The van der Waals surface area contributed by atoms with Crippen LogP contribution in [0.5, 0.6) is 0 Å². The summed E-state index contributed by atoms with van der Waals surface area (Å²) in [4.78, 5) is 17.8. The number of nitrogens with zero attached hydrogens (tertiary/aromatic N) is 6. The second-order valence-electron chi connectivity index (χ2n) is 6.23. The first kappa shape index (κ1) is 17.9. The Morgan fingerprint density at radius 2 is 2.12 bits per heavy atom. The normalized spacial score (nSPS) is 16.3. The van der Waals surface area contributed by atoms with Gasteiger partial charge in [-0.2, -0.15) is 15.6 Å². The highest BCUT2D eigenvalue weighted by molar-refractivity contribution is 5.76. The number of rotatable bonds is 7. The van der Waals surface area contributed by atoms with Gasteiger partial charge in [0.2, 0.25) is 5.91 Å². The van der Waals surface area contributed by atoms with Gasteiger partial charge < -0.3 is 10.2 Å². The molecule has 0 radical (unpaired) electrons. The molecule has 0 fully saturated rings. The maximum Gasteiger partial charge on any atom is 0.225 e. The van der Waals surface area contributed by atoms with E-state index in [1.54, 1.807) is 0 Å². The molecule has 1 aliphatic heterocycles. The van der Waals surface area contributed by atoms with E-state index in [1.165, 1.54) is 4.90 Å². The minimum atomic E-state index is -0.176. The third-order valence-electron chi connectivity index (χ3n) is 4.04. The predicted molar refractivity (Wildman–Crippen MR) is 86.6 cm³/mol. The number of fused-ring (bicyclic) bond motifs is 1. The van der Waals surface area contributed by atoms with Gasteiger partial charge in [-0.3, -0.25) is 4.79 Å². The molecule has 0 unspecified atom stereocenters. The molecule has 0 saturated carbocycles. The highest BCUT2D eigenvalue weighted by Gasteiger charge is 2.22. The van der Waals surface area contributed by atoms with Crippen LogP contribution in [0.4, 0.5) is 0 Å². The molecule has 2 rings (SSSR count). The smallest absolute Gasteiger partial charge is 0.225 e. The van der Waals surface area contributed by atoms with Crippen LogP contribution in [0, 0.1) is 22.7 Å². The number of carbonyl (C=O) groups is 1. The van der Waals surface area contributed by atoms with Crippen LogP contribution in [0.15, 0.2) is 0 Å². The van der Waals surface area contributed by atoms with E-state index < -0.39 is 0 Å². The Labute approximate surface area is 142 Å². The zero-order valence-electron chi connectivity index (χ0n) is 14.2. The third kappa shape index (κ3) is 4.53. The van der Waals surface area contributed by atoms with Crippen molar-refractivity contribution >= 4 is 5.91 Å². The Morgan fingerprint density at radius 3 is 2.75 bits per heavy atom. The summed E-state index contributed by atoms with van der Waals surface area (Å²) in [5, 5.41) is 25.3. The standard InChI is InChI=1S/C16H23N7O/c1-12(2)16-20-14-4-3-13(11-23(14)21-16)19-8-5-15(24)22(9-6-17)10-7-18/h12-13,19H,3-5,8-11H2,1-2H3/t13-/m1/s1. The lowest BCUT2D eigenvalue weighted by Crippen LogP contribution is -2.40. The molecule has 128 valence electrons. The molecule has 0 aliphatic carbocycles. The molecule has 8 nitrogen and oxygen atoms in total. The summed E-state index contributed by atoms with van der Waals surface area (Å²) in [6.45, 7) is 5.35. The fourth-order valence-electron chi connectivity index (χ4n) is 2.68. The van der Waals surface area contributed by atoms with Gasteiger partial charge in [-0.1, -0.05) is 13.8 Å². The van der Waals surface area contributed by atoms with Crippen molar-refractivity contribution < 1.29 is 4.79 Å². The van der Waals surface area contributed by atoms with Crippen molar-refractivity contribution in [2.45, 2.75) is 51.6 Å². The van der Waals surface area contributed by atoms with Crippen molar-refractivity contribution in [3.63, 3.8) is 0 Å². The van der Waals surface area contributed by atoms with Gasteiger partial charge in [0.1, 0.15) is 18.9 Å². The third-order valence-corrected chi connectivity index (χ3v) is 4.04. The molecule has 2 heterocycles. The minimum Gasteiger partial charge on any atom is -0.316 e. The quantitative estimate of drug-likeness (QED) is 0.732. The number of nitriles is 2. The van der Waals surface area contributed by atoms with E-state index in [2.05, 4.69) is 29.2 Å². The van der Waals surface area contributed by atoms with Crippen LogP contribution in [-0.4, -0.2) is 51.2 Å². The fourth-order valence-corrected chi connectivity index (χ4v) is 2.68. The molecular formula is C16H23N7O. The van der Waals surface area contributed by atoms with Crippen molar-refractivity contribution in [2.24, 2.45) is 0 Å². The zero-order valence-corrected chi connectivity index (χ0v) is 14.2. The second-order valence-corrected chi connectivity index (χ2v) is 6.23. The van der Waals surface area contributed by atoms with Crippen molar-refractivity contribution in [1.29, 1.82) is 10.5 Å². The first-order valence-electron chi connectivity index (χ1n) is 8.23. The van der Waals surface area contributed by atoms with E-state index in [0.29, 0.717) is 12.5 Å². The summed E-state index contributed by atoms with van der Waals surface area (Å²) in [6, 6.07) is 4.08. The van der Waals surface area contributed by atoms with Crippen LogP contribution >= 0.6 is 0 Å². The van der Waals surface area contributed by atoms with Crippen LogP contribution in [0.1, 0.15) is 44.3 Å². The minimum absolute atomic E-state index is 0.0455. The van der Waals surface area contributed by atoms with E-state index in [9.17, 15) is 4.79 Å². The van der Waals surface area contributed by atoms with E-state index in [0.717, 1.165) is 31.0 Å². The molecule has 1 aromatic heterocycles. The molecule has 24 heavy (non-hydrogen) atoms. The second kappa shape index (κ2) is 8.42. The monoisotopic (exact) mass is 329 g/mol. The summed E-state index contributed by atoms with van der Waals surface area (Å²) < 4.78 is 1.95. The maximum absolute atomic E-state index is 12.0. The van der Waals surface area contributed by atoms with Gasteiger partial charge in [0, 0.05) is 31.3 Å². The number of nitrogens with one attached hydrogen (secondary N) is 1. The molecule has 0 aromatic carbocycles. The molecule has 0 saturated heterocycles. The Balaban J connectivity index is 1.80. The first-order chi connectivity index (χ1) is 11.5. The van der Waals surface area contributed by atoms with Crippen LogP contribution in [0.3, 0.4) is 0 Å². The number of aryl methyl sites for hydroxylation is 1. The van der Waals surface area contributed by atoms with Gasteiger partial charge in [0.25, 0.3) is 0 Å². The Bertz CT molecular complexity index is 636. The van der Waals surface area contributed by atoms with Gasteiger partial charge in [-0.15, -0.1) is 0 Å². The number of aromatic nitrogens is 3. The summed E-state index contributed by atoms with van der Waals surface area (Å²) >= 11 is 0. The van der Waals surface area contributed by atoms with Crippen molar-refractivity contribution in [3.05, 3.63) is 11.6 Å². The molecule has 1 atom stereocenters. The van der Waals surface area contributed by atoms with Crippen LogP contribution < -0.4 is 5.32 Å². The van der Waals surface area contributed by atoms with E-state index in [-0.39, 0.29) is 31.5 Å². The number of hydrogen-bond donors (Lipinski definition) is 1. The average Bonchev–Trinajstić information content (AvgIpc) is 2.98. The fraction of sp³-hybridized carbons (Fsp3) is 0.688. The van der Waals surface area contributed by atoms with Crippen LogP contribution in [0.25, 0.3) is 0 Å². The van der Waals surface area contributed by atoms with Gasteiger partial charge in [0.05, 0.1) is 18.7 Å². The van der Waals surface area contributed by atoms with Crippen molar-refractivity contribution in [2.75, 3.05) is 19.6 Å². The lowest BCUT2D eigenvalue weighted by Gasteiger charge is -2.24. The number of hydrogen-bond acceptors (Lipinski definition) is 6. The number of amides is 1. The van der Waals surface area contributed by atoms with Crippen molar-refractivity contribution in [3.8, 4) is 12.1 Å². The summed E-state index contributed by atoms with van der Waals surface area (Å²) in [5.74, 6) is 2.05. The van der Waals surface area contributed by atoms with Crippen LogP contribution in [0.2, 0.25) is 0 Å². The Hall–Kier alpha value is -2.45. The summed E-state index contributed by atoms with van der Waals surface area (Å²) in [5.41, 5.74) is 0. The lowest BCUT2D eigenvalue weighted by molar-refractivity contribution is -0.129. The molecular weight excluding hydrogens is 306 g/mol. The van der Waals surface area contributed by atoms with E-state index in [4.69, 9.17) is 10.5 Å². The summed E-state index contributed by atoms with van der Waals surface area (Å²) in [7, 11) is 0. The molecule has 0 bridgehead atoms. The molecule has 1 amide bonds. The summed E-state index contributed by atoms with van der Waals surface area (Å²) in [6.07, 6.45) is 2.12. The molecule has 1 aliphatic rings. The zero-order chi connectivity index (χ0) is 17.5. The highest BCUT2D eigenvalue weighted by atomic mass is 16.2. The molecule has 0 spiro atoms. The predicted octanol–water partition coefficient (Wildman–Crippen LogP) is 0.572.